The first-order valence-corrected chi connectivity index (χ1v) is 12.0. The molecular formula is C26H27N3O5. The third kappa shape index (κ3) is 3.67. The van der Waals surface area contributed by atoms with E-state index >= 15 is 0 Å². The van der Waals surface area contributed by atoms with Crippen molar-refractivity contribution >= 4 is 23.4 Å². The van der Waals surface area contributed by atoms with Crippen molar-refractivity contribution in [3.8, 4) is 22.6 Å². The summed E-state index contributed by atoms with van der Waals surface area (Å²) in [7, 11) is 0. The highest BCUT2D eigenvalue weighted by molar-refractivity contribution is 6.10. The van der Waals surface area contributed by atoms with Crippen LogP contribution in [0.15, 0.2) is 36.4 Å². The maximum Gasteiger partial charge on any atom is 0.256 e. The number of carbonyl (C=O) groups excluding carboxylic acids is 3. The number of nitrogens with one attached hydrogen (secondary N) is 2. The SMILES string of the molecule is O=C(NC1CCN2C(=O)c3cc(-c4ccc5c(c4)OCO5)ccc3NC(=O)C2C1)C1CCCC1. The van der Waals surface area contributed by atoms with Gasteiger partial charge in [0.2, 0.25) is 18.6 Å². The Morgan fingerprint density at radius 1 is 0.971 bits per heavy atom. The fraction of sp³-hybridized carbons (Fsp3) is 0.423. The number of rotatable bonds is 3. The van der Waals surface area contributed by atoms with Crippen LogP contribution in [0, 0.1) is 5.92 Å². The van der Waals surface area contributed by atoms with Gasteiger partial charge in [-0.05, 0) is 61.1 Å². The molecular weight excluding hydrogens is 434 g/mol. The van der Waals surface area contributed by atoms with Gasteiger partial charge in [0.05, 0.1) is 11.3 Å². The summed E-state index contributed by atoms with van der Waals surface area (Å²) in [6.07, 6.45) is 5.15. The van der Waals surface area contributed by atoms with Crippen LogP contribution in [0.3, 0.4) is 0 Å². The number of hydrogen-bond donors (Lipinski definition) is 2. The third-order valence-corrected chi connectivity index (χ3v) is 7.45. The molecule has 8 nitrogen and oxygen atoms in total. The monoisotopic (exact) mass is 461 g/mol. The van der Waals surface area contributed by atoms with Crippen molar-refractivity contribution < 1.29 is 23.9 Å². The van der Waals surface area contributed by atoms with E-state index in [-0.39, 0.29) is 36.5 Å². The lowest BCUT2D eigenvalue weighted by Gasteiger charge is -2.37. The molecule has 3 heterocycles. The fourth-order valence-electron chi connectivity index (χ4n) is 5.55. The van der Waals surface area contributed by atoms with E-state index in [0.717, 1.165) is 36.8 Å². The van der Waals surface area contributed by atoms with Crippen LogP contribution in [0.25, 0.3) is 11.1 Å². The van der Waals surface area contributed by atoms with Gasteiger partial charge in [-0.1, -0.05) is 25.0 Å². The first-order valence-electron chi connectivity index (χ1n) is 12.0. The van der Waals surface area contributed by atoms with Gasteiger partial charge in [-0.2, -0.15) is 0 Å². The van der Waals surface area contributed by atoms with Crippen LogP contribution >= 0.6 is 0 Å². The molecule has 2 fully saturated rings. The summed E-state index contributed by atoms with van der Waals surface area (Å²) in [5.74, 6) is 1.18. The molecule has 0 aromatic heterocycles. The minimum atomic E-state index is -0.600. The Bertz CT molecular complexity index is 1170. The summed E-state index contributed by atoms with van der Waals surface area (Å²) in [6.45, 7) is 0.631. The Morgan fingerprint density at radius 3 is 2.59 bits per heavy atom. The van der Waals surface area contributed by atoms with E-state index in [1.54, 1.807) is 11.0 Å². The van der Waals surface area contributed by atoms with Gasteiger partial charge in [0.1, 0.15) is 6.04 Å². The van der Waals surface area contributed by atoms with Gasteiger partial charge in [-0.3, -0.25) is 14.4 Å². The maximum atomic E-state index is 13.5. The summed E-state index contributed by atoms with van der Waals surface area (Å²) in [5.41, 5.74) is 2.75. The van der Waals surface area contributed by atoms with Crippen LogP contribution < -0.4 is 20.1 Å². The Morgan fingerprint density at radius 2 is 1.74 bits per heavy atom. The molecule has 0 bridgehead atoms. The number of benzene rings is 2. The molecule has 6 rings (SSSR count). The number of nitrogens with zero attached hydrogens (tertiary/aromatic N) is 1. The highest BCUT2D eigenvalue weighted by atomic mass is 16.7. The van der Waals surface area contributed by atoms with Crippen molar-refractivity contribution in [2.45, 2.75) is 50.6 Å². The lowest BCUT2D eigenvalue weighted by atomic mass is 9.95. The first kappa shape index (κ1) is 21.0. The zero-order chi connectivity index (χ0) is 23.2. The minimum absolute atomic E-state index is 0.0847. The van der Waals surface area contributed by atoms with E-state index < -0.39 is 6.04 Å². The van der Waals surface area contributed by atoms with Crippen molar-refractivity contribution in [1.82, 2.24) is 10.2 Å². The van der Waals surface area contributed by atoms with E-state index in [1.807, 2.05) is 30.3 Å². The minimum Gasteiger partial charge on any atom is -0.454 e. The maximum absolute atomic E-state index is 13.5. The summed E-state index contributed by atoms with van der Waals surface area (Å²) in [4.78, 5) is 40.9. The summed E-state index contributed by atoms with van der Waals surface area (Å²) in [5, 5.41) is 6.09. The van der Waals surface area contributed by atoms with Crippen molar-refractivity contribution in [3.05, 3.63) is 42.0 Å². The van der Waals surface area contributed by atoms with Crippen molar-refractivity contribution in [2.24, 2.45) is 5.92 Å². The quantitative estimate of drug-likeness (QED) is 0.731. The van der Waals surface area contributed by atoms with Crippen LogP contribution in [0.2, 0.25) is 0 Å². The van der Waals surface area contributed by atoms with Gasteiger partial charge in [0.25, 0.3) is 5.91 Å². The van der Waals surface area contributed by atoms with Crippen LogP contribution in [-0.4, -0.2) is 48.0 Å². The molecule has 4 aliphatic rings. The number of carbonyl (C=O) groups is 3. The summed E-state index contributed by atoms with van der Waals surface area (Å²) in [6, 6.07) is 10.5. The molecule has 2 aromatic carbocycles. The topological polar surface area (TPSA) is 97.0 Å². The standard InChI is InChI=1S/C26H27N3O5/c30-24(15-3-1-2-4-15)27-18-9-10-29-21(13-18)25(31)28-20-7-5-16(11-19(20)26(29)32)17-6-8-22-23(12-17)34-14-33-22/h5-8,11-12,15,18,21H,1-4,9-10,13-14H2,(H,27,30)(H,28,31). The Hall–Kier alpha value is -3.55. The number of anilines is 1. The zero-order valence-electron chi connectivity index (χ0n) is 18.8. The molecule has 3 amide bonds. The third-order valence-electron chi connectivity index (χ3n) is 7.45. The second-order valence-electron chi connectivity index (χ2n) is 9.54. The van der Waals surface area contributed by atoms with Gasteiger partial charge >= 0.3 is 0 Å². The van der Waals surface area contributed by atoms with Crippen molar-refractivity contribution in [3.63, 3.8) is 0 Å². The number of fused-ring (bicyclic) bond motifs is 3. The summed E-state index contributed by atoms with van der Waals surface area (Å²) >= 11 is 0. The molecule has 2 aromatic rings. The van der Waals surface area contributed by atoms with E-state index in [4.69, 9.17) is 9.47 Å². The van der Waals surface area contributed by atoms with E-state index in [1.165, 1.54) is 0 Å². The lowest BCUT2D eigenvalue weighted by Crippen LogP contribution is -2.55. The van der Waals surface area contributed by atoms with E-state index in [9.17, 15) is 14.4 Å². The molecule has 3 aliphatic heterocycles. The Kier molecular flexibility index (Phi) is 5.16. The molecule has 1 aliphatic carbocycles. The molecule has 1 saturated heterocycles. The predicted octanol–water partition coefficient (Wildman–Crippen LogP) is 3.31. The molecule has 2 N–H and O–H groups in total. The Balaban J connectivity index is 1.23. The smallest absolute Gasteiger partial charge is 0.256 e. The molecule has 8 heteroatoms. The highest BCUT2D eigenvalue weighted by Crippen LogP contribution is 2.38. The molecule has 1 saturated carbocycles. The van der Waals surface area contributed by atoms with E-state index in [2.05, 4.69) is 10.6 Å². The van der Waals surface area contributed by atoms with Crippen molar-refractivity contribution in [2.75, 3.05) is 18.7 Å². The molecule has 176 valence electrons. The molecule has 2 unspecified atom stereocenters. The summed E-state index contributed by atoms with van der Waals surface area (Å²) < 4.78 is 10.9. The zero-order valence-corrected chi connectivity index (χ0v) is 18.8. The molecule has 34 heavy (non-hydrogen) atoms. The molecule has 0 spiro atoms. The molecule has 0 radical (unpaired) electrons. The van der Waals surface area contributed by atoms with Gasteiger partial charge in [0.15, 0.2) is 11.5 Å². The number of hydrogen-bond acceptors (Lipinski definition) is 5. The van der Waals surface area contributed by atoms with Crippen molar-refractivity contribution in [1.29, 1.82) is 0 Å². The largest absolute Gasteiger partial charge is 0.454 e. The van der Waals surface area contributed by atoms with Gasteiger partial charge < -0.3 is 25.0 Å². The van der Waals surface area contributed by atoms with Crippen LogP contribution in [0.4, 0.5) is 5.69 Å². The number of ether oxygens (including phenoxy) is 2. The van der Waals surface area contributed by atoms with Crippen LogP contribution in [-0.2, 0) is 9.59 Å². The van der Waals surface area contributed by atoms with Gasteiger partial charge in [0, 0.05) is 18.5 Å². The highest BCUT2D eigenvalue weighted by Gasteiger charge is 2.40. The number of amides is 3. The normalized spacial score (nSPS) is 23.7. The van der Waals surface area contributed by atoms with E-state index in [0.29, 0.717) is 42.1 Å². The Labute approximate surface area is 197 Å². The second kappa shape index (κ2) is 8.34. The van der Waals surface area contributed by atoms with Crippen LogP contribution in [0.1, 0.15) is 48.9 Å². The lowest BCUT2D eigenvalue weighted by molar-refractivity contribution is -0.127. The average molecular weight is 462 g/mol. The van der Waals surface area contributed by atoms with Crippen LogP contribution in [0.5, 0.6) is 11.5 Å². The number of piperidine rings is 1. The average Bonchev–Trinajstić information content (AvgIpc) is 3.54. The predicted molar refractivity (Wildman–Crippen MR) is 125 cm³/mol. The second-order valence-corrected chi connectivity index (χ2v) is 9.54. The molecule has 2 atom stereocenters. The first-order chi connectivity index (χ1) is 16.6. The van der Waals surface area contributed by atoms with Gasteiger partial charge in [-0.25, -0.2) is 0 Å². The fourth-order valence-corrected chi connectivity index (χ4v) is 5.55. The van der Waals surface area contributed by atoms with Gasteiger partial charge in [-0.15, -0.1) is 0 Å².